The molecule has 8 nitrogen and oxygen atoms in total. The van der Waals surface area contributed by atoms with Crippen molar-refractivity contribution in [1.82, 2.24) is 15.4 Å². The molecule has 1 aromatic carbocycles. The number of ether oxygens (including phenoxy) is 1. The zero-order valence-corrected chi connectivity index (χ0v) is 17.0. The second-order valence-corrected chi connectivity index (χ2v) is 7.24. The van der Waals surface area contributed by atoms with Gasteiger partial charge in [0.2, 0.25) is 5.91 Å². The Morgan fingerprint density at radius 1 is 1.39 bits per heavy atom. The first-order valence-electron chi connectivity index (χ1n) is 8.66. The number of benzene rings is 1. The smallest absolute Gasteiger partial charge is 0.243 e. The molecule has 0 aliphatic heterocycles. The van der Waals surface area contributed by atoms with Crippen LogP contribution >= 0.6 is 11.8 Å². The fraction of sp³-hybridized carbons (Fsp3) is 0.316. The van der Waals surface area contributed by atoms with Crippen LogP contribution in [0.1, 0.15) is 24.0 Å². The van der Waals surface area contributed by atoms with Gasteiger partial charge in [0.05, 0.1) is 12.1 Å². The van der Waals surface area contributed by atoms with Crippen molar-refractivity contribution in [3.63, 3.8) is 0 Å². The van der Waals surface area contributed by atoms with Gasteiger partial charge in [0.25, 0.3) is 0 Å². The molecule has 2 rings (SSSR count). The fourth-order valence-corrected chi connectivity index (χ4v) is 3.47. The van der Waals surface area contributed by atoms with Gasteiger partial charge >= 0.3 is 0 Å². The number of nitrogens with one attached hydrogen (secondary N) is 1. The average molecular weight is 404 g/mol. The van der Waals surface area contributed by atoms with Gasteiger partial charge < -0.3 is 15.4 Å². The molecule has 0 bridgehead atoms. The summed E-state index contributed by atoms with van der Waals surface area (Å²) in [6.07, 6.45) is 2.06. The third-order valence-electron chi connectivity index (χ3n) is 4.19. The second-order valence-electron chi connectivity index (χ2n) is 6.12. The van der Waals surface area contributed by atoms with Gasteiger partial charge in [-0.1, -0.05) is 24.4 Å². The largest absolute Gasteiger partial charge is 0.497 e. The number of hydrogen-bond acceptors (Lipinski definition) is 8. The third-order valence-corrected chi connectivity index (χ3v) is 5.30. The summed E-state index contributed by atoms with van der Waals surface area (Å²) in [5.41, 5.74) is 9.41. The van der Waals surface area contributed by atoms with Crippen molar-refractivity contribution in [3.8, 4) is 5.75 Å². The number of anilines is 2. The van der Waals surface area contributed by atoms with Crippen molar-refractivity contribution in [1.29, 1.82) is 0 Å². The van der Waals surface area contributed by atoms with Gasteiger partial charge in [0, 0.05) is 23.4 Å². The molecule has 0 radical (unpaired) electrons. The number of hydrogen-bond donors (Lipinski definition) is 3. The predicted molar refractivity (Wildman–Crippen MR) is 110 cm³/mol. The van der Waals surface area contributed by atoms with Crippen LogP contribution in [0, 0.1) is 13.8 Å². The lowest BCUT2D eigenvalue weighted by atomic mass is 10.2. The molecule has 0 aliphatic carbocycles. The SMILES string of the molecule is C=C(Sc1cc(OC)ccc1C)N(CCCC(=O)NO)c1ncnc(N)c1C. The number of thioether (sulfide) groups is 1. The Bertz CT molecular complexity index is 859. The zero-order chi connectivity index (χ0) is 20.7. The molecule has 1 amide bonds. The summed E-state index contributed by atoms with van der Waals surface area (Å²) in [5.74, 6) is 1.34. The number of hydroxylamine groups is 1. The summed E-state index contributed by atoms with van der Waals surface area (Å²) in [4.78, 5) is 22.6. The highest BCUT2D eigenvalue weighted by atomic mass is 32.2. The van der Waals surface area contributed by atoms with E-state index in [2.05, 4.69) is 16.5 Å². The standard InChI is InChI=1S/C19H25N5O3S/c1-12-7-8-15(27-4)10-16(12)28-14(3)24(9-5-6-17(25)23-26)19-13(2)18(20)21-11-22-19/h7-8,10-11,26H,3,5-6,9H2,1-2,4H3,(H,23,25)(H2,20,21,22). The molecule has 1 aromatic heterocycles. The lowest BCUT2D eigenvalue weighted by Crippen LogP contribution is -2.26. The maximum absolute atomic E-state index is 11.4. The van der Waals surface area contributed by atoms with Crippen LogP contribution in [0.2, 0.25) is 0 Å². The highest BCUT2D eigenvalue weighted by molar-refractivity contribution is 8.03. The molecule has 0 unspecified atom stereocenters. The summed E-state index contributed by atoms with van der Waals surface area (Å²) < 4.78 is 5.31. The maximum atomic E-state index is 11.4. The van der Waals surface area contributed by atoms with E-state index in [4.69, 9.17) is 15.7 Å². The van der Waals surface area contributed by atoms with Crippen molar-refractivity contribution < 1.29 is 14.7 Å². The lowest BCUT2D eigenvalue weighted by Gasteiger charge is -2.27. The lowest BCUT2D eigenvalue weighted by molar-refractivity contribution is -0.129. The van der Waals surface area contributed by atoms with Crippen LogP contribution in [-0.2, 0) is 4.79 Å². The van der Waals surface area contributed by atoms with E-state index < -0.39 is 5.91 Å². The minimum atomic E-state index is -0.444. The van der Waals surface area contributed by atoms with Crippen LogP contribution in [0.3, 0.4) is 0 Å². The Hall–Kier alpha value is -2.78. The number of rotatable bonds is 9. The molecular formula is C19H25N5O3S. The van der Waals surface area contributed by atoms with Crippen molar-refractivity contribution in [2.75, 3.05) is 24.3 Å². The van der Waals surface area contributed by atoms with Crippen molar-refractivity contribution in [2.45, 2.75) is 31.6 Å². The molecule has 0 atom stereocenters. The predicted octanol–water partition coefficient (Wildman–Crippen LogP) is 3.04. The molecule has 150 valence electrons. The zero-order valence-electron chi connectivity index (χ0n) is 16.2. The molecule has 1 heterocycles. The first kappa shape index (κ1) is 21.5. The Kier molecular flexibility index (Phi) is 7.65. The van der Waals surface area contributed by atoms with Crippen LogP contribution in [0.15, 0.2) is 41.0 Å². The average Bonchev–Trinajstić information content (AvgIpc) is 2.69. The Morgan fingerprint density at radius 3 is 2.82 bits per heavy atom. The van der Waals surface area contributed by atoms with E-state index >= 15 is 0 Å². The third kappa shape index (κ3) is 5.37. The number of aromatic nitrogens is 2. The number of nitrogen functional groups attached to an aromatic ring is 1. The van der Waals surface area contributed by atoms with Crippen molar-refractivity contribution >= 4 is 29.3 Å². The van der Waals surface area contributed by atoms with Gasteiger partial charge in [0.15, 0.2) is 0 Å². The summed E-state index contributed by atoms with van der Waals surface area (Å²) in [5, 5.41) is 9.42. The van der Waals surface area contributed by atoms with Gasteiger partial charge in [-0.3, -0.25) is 10.0 Å². The summed E-state index contributed by atoms with van der Waals surface area (Å²) >= 11 is 1.48. The summed E-state index contributed by atoms with van der Waals surface area (Å²) in [7, 11) is 1.62. The van der Waals surface area contributed by atoms with Gasteiger partial charge in [-0.05, 0) is 38.0 Å². The van der Waals surface area contributed by atoms with E-state index in [-0.39, 0.29) is 6.42 Å². The number of carbonyl (C=O) groups is 1. The molecular weight excluding hydrogens is 378 g/mol. The van der Waals surface area contributed by atoms with E-state index in [0.29, 0.717) is 24.6 Å². The first-order chi connectivity index (χ1) is 13.4. The number of aryl methyl sites for hydroxylation is 1. The van der Waals surface area contributed by atoms with E-state index in [1.165, 1.54) is 18.1 Å². The topological polar surface area (TPSA) is 114 Å². The number of amides is 1. The molecule has 0 fully saturated rings. The maximum Gasteiger partial charge on any atom is 0.243 e. The molecule has 28 heavy (non-hydrogen) atoms. The normalized spacial score (nSPS) is 10.4. The summed E-state index contributed by atoms with van der Waals surface area (Å²) in [6.45, 7) is 8.53. The fourth-order valence-electron chi connectivity index (χ4n) is 2.53. The Morgan fingerprint density at radius 2 is 2.14 bits per heavy atom. The van der Waals surface area contributed by atoms with Gasteiger partial charge in [-0.25, -0.2) is 15.4 Å². The highest BCUT2D eigenvalue weighted by Crippen LogP contribution is 2.36. The van der Waals surface area contributed by atoms with Crippen LogP contribution in [0.4, 0.5) is 11.6 Å². The monoisotopic (exact) mass is 403 g/mol. The van der Waals surface area contributed by atoms with Crippen molar-refractivity contribution in [2.24, 2.45) is 0 Å². The van der Waals surface area contributed by atoms with Gasteiger partial charge in [-0.2, -0.15) is 0 Å². The number of nitrogens with zero attached hydrogens (tertiary/aromatic N) is 3. The number of methoxy groups -OCH3 is 1. The molecule has 0 saturated heterocycles. The van der Waals surface area contributed by atoms with E-state index in [1.807, 2.05) is 36.9 Å². The molecule has 9 heteroatoms. The minimum absolute atomic E-state index is 0.169. The quantitative estimate of drug-likeness (QED) is 0.333. The molecule has 0 saturated carbocycles. The van der Waals surface area contributed by atoms with E-state index in [0.717, 1.165) is 26.8 Å². The van der Waals surface area contributed by atoms with Crippen molar-refractivity contribution in [3.05, 3.63) is 47.3 Å². The molecule has 4 N–H and O–H groups in total. The minimum Gasteiger partial charge on any atom is -0.497 e. The highest BCUT2D eigenvalue weighted by Gasteiger charge is 2.18. The van der Waals surface area contributed by atoms with Gasteiger partial charge in [0.1, 0.15) is 23.7 Å². The van der Waals surface area contributed by atoms with Crippen LogP contribution in [0.25, 0.3) is 0 Å². The first-order valence-corrected chi connectivity index (χ1v) is 9.48. The van der Waals surface area contributed by atoms with Gasteiger partial charge in [-0.15, -0.1) is 0 Å². The van der Waals surface area contributed by atoms with Crippen LogP contribution < -0.4 is 20.9 Å². The molecule has 0 spiro atoms. The Labute approximate surface area is 168 Å². The molecule has 2 aromatic rings. The Balaban J connectivity index is 2.28. The second kappa shape index (κ2) is 9.95. The molecule has 0 aliphatic rings. The number of carbonyl (C=O) groups excluding carboxylic acids is 1. The van der Waals surface area contributed by atoms with Crippen LogP contribution in [-0.4, -0.2) is 34.7 Å². The number of nitrogens with two attached hydrogens (primary N) is 1. The van der Waals surface area contributed by atoms with E-state index in [9.17, 15) is 4.79 Å². The summed E-state index contributed by atoms with van der Waals surface area (Å²) in [6, 6.07) is 5.84. The van der Waals surface area contributed by atoms with Crippen LogP contribution in [0.5, 0.6) is 5.75 Å². The van der Waals surface area contributed by atoms with E-state index in [1.54, 1.807) is 12.6 Å².